The fourth-order valence-corrected chi connectivity index (χ4v) is 4.40. The molecule has 0 radical (unpaired) electrons. The highest BCUT2D eigenvalue weighted by atomic mass is 32.2. The molecule has 2 aliphatic rings. The standard InChI is InChI=1S/C18H25N3O6S/c1-28(25,26)21-8-4-13(5-9-21)18(24)27-12-16(22)14-10-15(19-11-14)17(23)20-6-2-3-7-20/h10-11,13,19H,2-9,12H2,1H3. The Balaban J connectivity index is 1.48. The summed E-state index contributed by atoms with van der Waals surface area (Å²) >= 11 is 0. The lowest BCUT2D eigenvalue weighted by Crippen LogP contribution is -2.40. The van der Waals surface area contributed by atoms with Crippen LogP contribution in [-0.4, -0.2) is 79.3 Å². The van der Waals surface area contributed by atoms with Crippen molar-refractivity contribution in [2.24, 2.45) is 5.92 Å². The summed E-state index contributed by atoms with van der Waals surface area (Å²) < 4.78 is 29.5. The summed E-state index contributed by atoms with van der Waals surface area (Å²) in [4.78, 5) is 41.3. The summed E-state index contributed by atoms with van der Waals surface area (Å²) in [6, 6.07) is 1.49. The molecule has 0 spiro atoms. The third kappa shape index (κ3) is 4.79. The first-order valence-corrected chi connectivity index (χ1v) is 11.2. The minimum absolute atomic E-state index is 0.133. The van der Waals surface area contributed by atoms with E-state index in [0.717, 1.165) is 32.2 Å². The van der Waals surface area contributed by atoms with Gasteiger partial charge in [0.1, 0.15) is 5.69 Å². The number of ketones is 1. The maximum absolute atomic E-state index is 12.3. The molecule has 3 rings (SSSR count). The molecule has 0 saturated carbocycles. The van der Waals surface area contributed by atoms with E-state index in [1.54, 1.807) is 4.90 Å². The Kier molecular flexibility index (Phi) is 6.19. The molecule has 10 heteroatoms. The first kappa shape index (κ1) is 20.5. The van der Waals surface area contributed by atoms with Crippen molar-refractivity contribution in [1.82, 2.24) is 14.2 Å². The van der Waals surface area contributed by atoms with Gasteiger partial charge >= 0.3 is 5.97 Å². The quantitative estimate of drug-likeness (QED) is 0.543. The summed E-state index contributed by atoms with van der Waals surface area (Å²) in [6.45, 7) is 1.58. The molecular formula is C18H25N3O6S. The Hall–Kier alpha value is -2.20. The first-order valence-electron chi connectivity index (χ1n) is 9.38. The minimum atomic E-state index is -3.26. The lowest BCUT2D eigenvalue weighted by molar-refractivity contribution is -0.148. The lowest BCUT2D eigenvalue weighted by Gasteiger charge is -2.28. The Labute approximate surface area is 164 Å². The largest absolute Gasteiger partial charge is 0.457 e. The van der Waals surface area contributed by atoms with E-state index in [0.29, 0.717) is 24.1 Å². The summed E-state index contributed by atoms with van der Waals surface area (Å²) in [5.41, 5.74) is 0.645. The lowest BCUT2D eigenvalue weighted by atomic mass is 9.98. The van der Waals surface area contributed by atoms with Gasteiger partial charge < -0.3 is 14.6 Å². The van der Waals surface area contributed by atoms with Gasteiger partial charge in [-0.15, -0.1) is 0 Å². The predicted molar refractivity (Wildman–Crippen MR) is 100 cm³/mol. The molecule has 9 nitrogen and oxygen atoms in total. The van der Waals surface area contributed by atoms with Crippen LogP contribution in [0.1, 0.15) is 46.5 Å². The Bertz CT molecular complexity index is 848. The van der Waals surface area contributed by atoms with E-state index in [1.807, 2.05) is 0 Å². The molecule has 0 unspecified atom stereocenters. The van der Waals surface area contributed by atoms with Crippen molar-refractivity contribution in [3.63, 3.8) is 0 Å². The molecule has 0 aromatic carbocycles. The highest BCUT2D eigenvalue weighted by Crippen LogP contribution is 2.20. The number of ether oxygens (including phenoxy) is 1. The average molecular weight is 411 g/mol. The van der Waals surface area contributed by atoms with Gasteiger partial charge in [-0.05, 0) is 31.7 Å². The number of H-pyrrole nitrogens is 1. The minimum Gasteiger partial charge on any atom is -0.457 e. The van der Waals surface area contributed by atoms with Crippen molar-refractivity contribution in [3.8, 4) is 0 Å². The molecule has 2 aliphatic heterocycles. The number of piperidine rings is 1. The van der Waals surface area contributed by atoms with Gasteiger partial charge in [-0.1, -0.05) is 0 Å². The number of Topliss-reactive ketones (excluding diaryl/α,β-unsaturated/α-hetero) is 1. The van der Waals surface area contributed by atoms with E-state index in [-0.39, 0.29) is 19.0 Å². The van der Waals surface area contributed by atoms with Crippen LogP contribution in [0.2, 0.25) is 0 Å². The second-order valence-corrected chi connectivity index (χ2v) is 9.25. The first-order chi connectivity index (χ1) is 13.3. The molecule has 1 amide bonds. The number of aromatic nitrogens is 1. The Morgan fingerprint density at radius 3 is 2.39 bits per heavy atom. The van der Waals surface area contributed by atoms with Gasteiger partial charge in [0.05, 0.1) is 12.2 Å². The van der Waals surface area contributed by atoms with Gasteiger partial charge in [0, 0.05) is 37.9 Å². The number of nitrogens with zero attached hydrogens (tertiary/aromatic N) is 2. The number of hydrogen-bond acceptors (Lipinski definition) is 6. The zero-order chi connectivity index (χ0) is 20.3. The topological polar surface area (TPSA) is 117 Å². The van der Waals surface area contributed by atoms with Gasteiger partial charge in [0.15, 0.2) is 6.61 Å². The van der Waals surface area contributed by atoms with Gasteiger partial charge in [0.2, 0.25) is 15.8 Å². The van der Waals surface area contributed by atoms with Crippen molar-refractivity contribution in [2.75, 3.05) is 39.0 Å². The van der Waals surface area contributed by atoms with Gasteiger partial charge in [-0.2, -0.15) is 0 Å². The third-order valence-electron chi connectivity index (χ3n) is 5.23. The van der Waals surface area contributed by atoms with Crippen molar-refractivity contribution in [3.05, 3.63) is 23.5 Å². The van der Waals surface area contributed by atoms with E-state index >= 15 is 0 Å². The Morgan fingerprint density at radius 2 is 1.79 bits per heavy atom. The van der Waals surface area contributed by atoms with Crippen LogP contribution in [0.5, 0.6) is 0 Å². The number of rotatable bonds is 6. The summed E-state index contributed by atoms with van der Waals surface area (Å²) in [5.74, 6) is -1.43. The summed E-state index contributed by atoms with van der Waals surface area (Å²) in [7, 11) is -3.26. The van der Waals surface area contributed by atoms with Crippen molar-refractivity contribution in [1.29, 1.82) is 0 Å². The van der Waals surface area contributed by atoms with Crippen LogP contribution in [0.3, 0.4) is 0 Å². The average Bonchev–Trinajstić information content (AvgIpc) is 3.36. The molecule has 2 fully saturated rings. The molecule has 2 saturated heterocycles. The van der Waals surface area contributed by atoms with Crippen molar-refractivity contribution < 1.29 is 27.5 Å². The number of nitrogens with one attached hydrogen (secondary N) is 1. The molecule has 0 atom stereocenters. The van der Waals surface area contributed by atoms with Crippen LogP contribution in [-0.2, 0) is 19.6 Å². The molecule has 1 aromatic rings. The number of carbonyl (C=O) groups is 3. The zero-order valence-electron chi connectivity index (χ0n) is 15.8. The van der Waals surface area contributed by atoms with E-state index < -0.39 is 34.3 Å². The van der Waals surface area contributed by atoms with E-state index in [9.17, 15) is 22.8 Å². The molecule has 1 N–H and O–H groups in total. The number of hydrogen-bond donors (Lipinski definition) is 1. The predicted octanol–water partition coefficient (Wildman–Crippen LogP) is 0.648. The maximum Gasteiger partial charge on any atom is 0.309 e. The molecule has 0 aliphatic carbocycles. The highest BCUT2D eigenvalue weighted by molar-refractivity contribution is 7.88. The fraction of sp³-hybridized carbons (Fsp3) is 0.611. The van der Waals surface area contributed by atoms with Crippen LogP contribution in [0.15, 0.2) is 12.3 Å². The fourth-order valence-electron chi connectivity index (χ4n) is 3.53. The summed E-state index contributed by atoms with van der Waals surface area (Å²) in [6.07, 6.45) is 5.31. The van der Waals surface area contributed by atoms with Crippen LogP contribution < -0.4 is 0 Å². The molecule has 154 valence electrons. The van der Waals surface area contributed by atoms with E-state index in [1.165, 1.54) is 16.6 Å². The maximum atomic E-state index is 12.3. The number of aromatic amines is 1. The zero-order valence-corrected chi connectivity index (χ0v) is 16.7. The van der Waals surface area contributed by atoms with Gasteiger partial charge in [-0.25, -0.2) is 12.7 Å². The van der Waals surface area contributed by atoms with E-state index in [2.05, 4.69) is 4.98 Å². The Morgan fingerprint density at radius 1 is 1.14 bits per heavy atom. The van der Waals surface area contributed by atoms with Crippen molar-refractivity contribution in [2.45, 2.75) is 25.7 Å². The molecular weight excluding hydrogens is 386 g/mol. The monoisotopic (exact) mass is 411 g/mol. The number of carbonyl (C=O) groups excluding carboxylic acids is 3. The summed E-state index contributed by atoms with van der Waals surface area (Å²) in [5, 5.41) is 0. The van der Waals surface area contributed by atoms with E-state index in [4.69, 9.17) is 4.74 Å². The smallest absolute Gasteiger partial charge is 0.309 e. The number of sulfonamides is 1. The molecule has 3 heterocycles. The van der Waals surface area contributed by atoms with Crippen LogP contribution >= 0.6 is 0 Å². The van der Waals surface area contributed by atoms with Crippen LogP contribution in [0.25, 0.3) is 0 Å². The van der Waals surface area contributed by atoms with Crippen LogP contribution in [0.4, 0.5) is 0 Å². The number of esters is 1. The normalized spacial score (nSPS) is 19.0. The second-order valence-electron chi connectivity index (χ2n) is 7.27. The second kappa shape index (κ2) is 8.44. The van der Waals surface area contributed by atoms with Crippen LogP contribution in [0, 0.1) is 5.92 Å². The van der Waals surface area contributed by atoms with Gasteiger partial charge in [-0.3, -0.25) is 14.4 Å². The molecule has 0 bridgehead atoms. The SMILES string of the molecule is CS(=O)(=O)N1CCC(C(=O)OCC(=O)c2c[nH]c(C(=O)N3CCCC3)c2)CC1. The molecule has 1 aromatic heterocycles. The van der Waals surface area contributed by atoms with Gasteiger partial charge in [0.25, 0.3) is 5.91 Å². The number of likely N-dealkylation sites (tertiary alicyclic amines) is 1. The van der Waals surface area contributed by atoms with Crippen molar-refractivity contribution >= 4 is 27.7 Å². The molecule has 28 heavy (non-hydrogen) atoms. The third-order valence-corrected chi connectivity index (χ3v) is 6.53. The highest BCUT2D eigenvalue weighted by Gasteiger charge is 2.30. The number of amides is 1.